The lowest BCUT2D eigenvalue weighted by atomic mass is 9.84. The molecule has 10 nitrogen and oxygen atoms in total. The van der Waals surface area contributed by atoms with Gasteiger partial charge in [-0.3, -0.25) is 19.3 Å². The highest BCUT2D eigenvalue weighted by Gasteiger charge is 2.47. The molecule has 0 aliphatic carbocycles. The Labute approximate surface area is 260 Å². The first kappa shape index (κ1) is 31.8. The van der Waals surface area contributed by atoms with Gasteiger partial charge in [-0.05, 0) is 42.2 Å². The average Bonchev–Trinajstić information content (AvgIpc) is 3.68. The molecule has 1 fully saturated rings. The second kappa shape index (κ2) is 13.6. The zero-order valence-electron chi connectivity index (χ0n) is 26.5. The van der Waals surface area contributed by atoms with Crippen LogP contribution < -0.4 is 9.47 Å². The molecule has 1 N–H and O–H groups in total. The van der Waals surface area contributed by atoms with Crippen LogP contribution in [0.15, 0.2) is 42.5 Å². The monoisotopic (exact) mass is 607 g/mol. The molecule has 3 aliphatic heterocycles. The van der Waals surface area contributed by atoms with Crippen LogP contribution in [0.25, 0.3) is 0 Å². The molecule has 3 aliphatic rings. The van der Waals surface area contributed by atoms with Gasteiger partial charge < -0.3 is 28.9 Å². The number of carboxylic acids is 1. The van der Waals surface area contributed by atoms with Crippen molar-refractivity contribution in [3.05, 3.63) is 59.2 Å². The van der Waals surface area contributed by atoms with E-state index in [2.05, 4.69) is 33.0 Å². The number of fused-ring (bicyclic) bond motifs is 2. The minimum absolute atomic E-state index is 0.0246. The number of unbranched alkanes of at least 4 members (excludes halogenated alkanes) is 1. The summed E-state index contributed by atoms with van der Waals surface area (Å²) in [5.41, 5.74) is 2.56. The van der Waals surface area contributed by atoms with Crippen molar-refractivity contribution >= 4 is 17.8 Å². The largest absolute Gasteiger partial charge is 0.481 e. The standard InChI is InChI=1S/C34H46N4O6/c1-5-6-15-35(16-9-18-38(2,3)4)31(39)22-37-21-27(24-12-13-29-30(19-24)44-23-43-29)32(34(41)42)28(37)14-17-36-20-25-10-7-8-11-26(25)33(36)40/h7-8,10-13,19,27-28,32H,5-6,9,14-18,20-23H2,1-4H3/p+1. The third-order valence-electron chi connectivity index (χ3n) is 9.18. The van der Waals surface area contributed by atoms with Gasteiger partial charge in [0.1, 0.15) is 0 Å². The first-order chi connectivity index (χ1) is 21.1. The second-order valence-corrected chi connectivity index (χ2v) is 13.4. The van der Waals surface area contributed by atoms with Gasteiger partial charge in [0.05, 0.1) is 40.2 Å². The number of ether oxygens (including phenoxy) is 2. The second-order valence-electron chi connectivity index (χ2n) is 13.4. The molecule has 0 aromatic heterocycles. The smallest absolute Gasteiger partial charge is 0.308 e. The molecule has 0 saturated carbocycles. The molecular weight excluding hydrogens is 560 g/mol. The molecule has 0 spiro atoms. The van der Waals surface area contributed by atoms with Gasteiger partial charge >= 0.3 is 5.97 Å². The number of carbonyl (C=O) groups is 3. The molecule has 3 atom stereocenters. The number of carbonyl (C=O) groups excluding carboxylic acids is 2. The predicted molar refractivity (Wildman–Crippen MR) is 167 cm³/mol. The van der Waals surface area contributed by atoms with Crippen LogP contribution in [0.2, 0.25) is 0 Å². The van der Waals surface area contributed by atoms with E-state index in [0.29, 0.717) is 56.2 Å². The van der Waals surface area contributed by atoms with Crippen molar-refractivity contribution in [1.29, 1.82) is 0 Å². The lowest BCUT2D eigenvalue weighted by Gasteiger charge is -2.31. The average molecular weight is 608 g/mol. The van der Waals surface area contributed by atoms with E-state index in [1.54, 1.807) is 4.90 Å². The van der Waals surface area contributed by atoms with Gasteiger partial charge in [-0.2, -0.15) is 0 Å². The molecule has 238 valence electrons. The number of benzene rings is 2. The lowest BCUT2D eigenvalue weighted by Crippen LogP contribution is -2.46. The summed E-state index contributed by atoms with van der Waals surface area (Å²) in [5.74, 6) is -0.710. The van der Waals surface area contributed by atoms with Gasteiger partial charge in [-0.1, -0.05) is 37.6 Å². The van der Waals surface area contributed by atoms with Crippen LogP contribution in [-0.2, 0) is 16.1 Å². The van der Waals surface area contributed by atoms with E-state index in [1.165, 1.54) is 0 Å². The zero-order valence-corrected chi connectivity index (χ0v) is 26.5. The Balaban J connectivity index is 1.37. The summed E-state index contributed by atoms with van der Waals surface area (Å²) in [6, 6.07) is 12.8. The molecule has 2 aromatic carbocycles. The van der Waals surface area contributed by atoms with E-state index in [9.17, 15) is 19.5 Å². The lowest BCUT2D eigenvalue weighted by molar-refractivity contribution is -0.870. The fourth-order valence-corrected chi connectivity index (χ4v) is 6.84. The van der Waals surface area contributed by atoms with Crippen LogP contribution in [0.3, 0.4) is 0 Å². The van der Waals surface area contributed by atoms with Crippen molar-refractivity contribution in [2.75, 3.05) is 67.2 Å². The minimum atomic E-state index is -0.894. The topological polar surface area (TPSA) is 99.6 Å². The molecule has 10 heteroatoms. The highest BCUT2D eigenvalue weighted by molar-refractivity contribution is 5.98. The van der Waals surface area contributed by atoms with Gasteiger partial charge in [0.2, 0.25) is 12.7 Å². The third-order valence-corrected chi connectivity index (χ3v) is 9.18. The van der Waals surface area contributed by atoms with Crippen LogP contribution in [0.5, 0.6) is 11.5 Å². The van der Waals surface area contributed by atoms with Crippen molar-refractivity contribution < 1.29 is 33.4 Å². The number of hydrogen-bond donors (Lipinski definition) is 1. The number of rotatable bonds is 14. The Kier molecular flexibility index (Phi) is 9.80. The van der Waals surface area contributed by atoms with Crippen LogP contribution in [0, 0.1) is 5.92 Å². The summed E-state index contributed by atoms with van der Waals surface area (Å²) in [6.07, 6.45) is 3.28. The van der Waals surface area contributed by atoms with Gasteiger partial charge in [0, 0.05) is 56.7 Å². The van der Waals surface area contributed by atoms with E-state index in [1.807, 2.05) is 47.4 Å². The molecule has 0 radical (unpaired) electrons. The van der Waals surface area contributed by atoms with Crippen molar-refractivity contribution in [3.63, 3.8) is 0 Å². The Hall–Kier alpha value is -3.63. The van der Waals surface area contributed by atoms with E-state index < -0.39 is 17.9 Å². The molecule has 1 saturated heterocycles. The SMILES string of the molecule is CCCCN(CCC[N+](C)(C)C)C(=O)CN1CC(c2ccc3c(c2)OCO3)C(C(=O)O)C1CCN1Cc2ccccc2C1=O. The van der Waals surface area contributed by atoms with Gasteiger partial charge in [0.15, 0.2) is 11.5 Å². The van der Waals surface area contributed by atoms with Crippen molar-refractivity contribution in [2.45, 2.75) is 51.1 Å². The molecule has 5 rings (SSSR count). The van der Waals surface area contributed by atoms with Crippen molar-refractivity contribution in [1.82, 2.24) is 14.7 Å². The van der Waals surface area contributed by atoms with E-state index in [-0.39, 0.29) is 31.1 Å². The first-order valence-corrected chi connectivity index (χ1v) is 15.9. The van der Waals surface area contributed by atoms with Crippen LogP contribution in [0.4, 0.5) is 0 Å². The molecule has 0 bridgehead atoms. The maximum atomic E-state index is 13.9. The fraction of sp³-hybridized carbons (Fsp3) is 0.559. The van der Waals surface area contributed by atoms with Gasteiger partial charge in [-0.25, -0.2) is 0 Å². The van der Waals surface area contributed by atoms with E-state index in [4.69, 9.17) is 9.47 Å². The molecule has 3 unspecified atom stereocenters. The molecule has 3 heterocycles. The van der Waals surface area contributed by atoms with Crippen molar-refractivity contribution in [3.8, 4) is 11.5 Å². The summed E-state index contributed by atoms with van der Waals surface area (Å²) < 4.78 is 11.9. The van der Waals surface area contributed by atoms with Crippen LogP contribution in [0.1, 0.15) is 60.0 Å². The number of quaternary nitrogens is 1. The van der Waals surface area contributed by atoms with E-state index in [0.717, 1.165) is 41.4 Å². The molecule has 44 heavy (non-hydrogen) atoms. The molecule has 2 amide bonds. The Morgan fingerprint density at radius 3 is 2.52 bits per heavy atom. The minimum Gasteiger partial charge on any atom is -0.481 e. The van der Waals surface area contributed by atoms with Crippen LogP contribution in [-0.4, -0.2) is 115 Å². The maximum Gasteiger partial charge on any atom is 0.308 e. The summed E-state index contributed by atoms with van der Waals surface area (Å²) in [5, 5.41) is 10.6. The van der Waals surface area contributed by atoms with Gasteiger partial charge in [-0.15, -0.1) is 0 Å². The molecule has 2 aromatic rings. The Morgan fingerprint density at radius 1 is 1.05 bits per heavy atom. The number of hydrogen-bond acceptors (Lipinski definition) is 6. The Bertz CT molecular complexity index is 1360. The predicted octanol–water partition coefficient (Wildman–Crippen LogP) is 3.66. The van der Waals surface area contributed by atoms with Crippen LogP contribution >= 0.6 is 0 Å². The number of nitrogens with zero attached hydrogens (tertiary/aromatic N) is 4. The summed E-state index contributed by atoms with van der Waals surface area (Å²) in [4.78, 5) is 45.8. The van der Waals surface area contributed by atoms with Crippen molar-refractivity contribution in [2.24, 2.45) is 5.92 Å². The normalized spacial score (nSPS) is 21.1. The highest BCUT2D eigenvalue weighted by Crippen LogP contribution is 2.43. The number of likely N-dealkylation sites (tertiary alicyclic amines) is 1. The first-order valence-electron chi connectivity index (χ1n) is 15.9. The Morgan fingerprint density at radius 2 is 1.80 bits per heavy atom. The maximum absolute atomic E-state index is 13.9. The molecular formula is C34H47N4O6+. The third kappa shape index (κ3) is 7.18. The highest BCUT2D eigenvalue weighted by atomic mass is 16.7. The number of carboxylic acid groups (broad SMARTS) is 1. The van der Waals surface area contributed by atoms with Gasteiger partial charge in [0.25, 0.3) is 5.91 Å². The number of amides is 2. The summed E-state index contributed by atoms with van der Waals surface area (Å²) in [6.45, 7) is 6.12. The zero-order chi connectivity index (χ0) is 31.4. The summed E-state index contributed by atoms with van der Waals surface area (Å²) in [7, 11) is 6.46. The number of aliphatic carboxylic acids is 1. The summed E-state index contributed by atoms with van der Waals surface area (Å²) >= 11 is 0. The quantitative estimate of drug-likeness (QED) is 0.328. The van der Waals surface area contributed by atoms with E-state index >= 15 is 0 Å². The fourth-order valence-electron chi connectivity index (χ4n) is 6.84.